The van der Waals surface area contributed by atoms with Gasteiger partial charge in [-0.25, -0.2) is 5.01 Å². The number of benzene rings is 2. The molecule has 2 atom stereocenters. The van der Waals surface area contributed by atoms with Crippen LogP contribution in [0, 0.1) is 5.92 Å². The van der Waals surface area contributed by atoms with Gasteiger partial charge in [-0.2, -0.15) is 5.10 Å². The van der Waals surface area contributed by atoms with Gasteiger partial charge in [-0.05, 0) is 30.3 Å². The van der Waals surface area contributed by atoms with Crippen molar-refractivity contribution in [2.45, 2.75) is 11.3 Å². The predicted octanol–water partition coefficient (Wildman–Crippen LogP) is 3.22. The fourth-order valence-corrected chi connectivity index (χ4v) is 4.58. The fourth-order valence-electron chi connectivity index (χ4n) is 2.98. The van der Waals surface area contributed by atoms with E-state index >= 15 is 0 Å². The number of hydrogen-bond acceptors (Lipinski definition) is 3. The molecule has 2 aliphatic rings. The van der Waals surface area contributed by atoms with Gasteiger partial charge in [0.05, 0.1) is 22.2 Å². The van der Waals surface area contributed by atoms with Crippen molar-refractivity contribution >= 4 is 39.7 Å². The summed E-state index contributed by atoms with van der Waals surface area (Å²) in [6.45, 7) is 0. The molecule has 4 rings (SSSR count). The van der Waals surface area contributed by atoms with E-state index in [2.05, 4.69) is 5.10 Å². The van der Waals surface area contributed by atoms with Gasteiger partial charge in [0.15, 0.2) is 0 Å². The third-order valence-corrected chi connectivity index (χ3v) is 5.89. The third kappa shape index (κ3) is 2.50. The molecule has 1 amide bonds. The Morgan fingerprint density at radius 2 is 1.87 bits per heavy atom. The summed E-state index contributed by atoms with van der Waals surface area (Å²) in [6.07, 6.45) is 0.321. The lowest BCUT2D eigenvalue weighted by molar-refractivity contribution is -0.119. The van der Waals surface area contributed by atoms with Crippen LogP contribution in [0.5, 0.6) is 0 Å². The monoisotopic (exact) mass is 344 g/mol. The molecular weight excluding hydrogens is 332 g/mol. The molecule has 0 aliphatic carbocycles. The van der Waals surface area contributed by atoms with Crippen molar-refractivity contribution in [2.75, 3.05) is 10.8 Å². The van der Waals surface area contributed by atoms with Crippen molar-refractivity contribution in [3.63, 3.8) is 0 Å². The van der Waals surface area contributed by atoms with Crippen molar-refractivity contribution in [1.29, 1.82) is 0 Å². The molecule has 0 bridgehead atoms. The molecular formula is C17H13ClN2O2S. The average molecular weight is 345 g/mol. The molecule has 2 aromatic carbocycles. The maximum absolute atomic E-state index is 12.4. The van der Waals surface area contributed by atoms with Crippen LogP contribution in [-0.4, -0.2) is 21.6 Å². The van der Waals surface area contributed by atoms with E-state index in [9.17, 15) is 9.00 Å². The quantitative estimate of drug-likeness (QED) is 0.797. The summed E-state index contributed by atoms with van der Waals surface area (Å²) >= 11 is 5.91. The van der Waals surface area contributed by atoms with Crippen molar-refractivity contribution in [3.8, 4) is 0 Å². The number of carbonyl (C=O) groups is 1. The van der Waals surface area contributed by atoms with E-state index in [0.29, 0.717) is 22.9 Å². The Balaban J connectivity index is 1.83. The lowest BCUT2D eigenvalue weighted by atomic mass is 9.93. The Morgan fingerprint density at radius 1 is 1.13 bits per heavy atom. The van der Waals surface area contributed by atoms with E-state index in [-0.39, 0.29) is 11.8 Å². The zero-order valence-corrected chi connectivity index (χ0v) is 13.7. The van der Waals surface area contributed by atoms with Crippen LogP contribution >= 0.6 is 11.6 Å². The van der Waals surface area contributed by atoms with Gasteiger partial charge in [0.25, 0.3) is 0 Å². The highest BCUT2D eigenvalue weighted by molar-refractivity contribution is 7.85. The molecule has 6 heteroatoms. The molecule has 0 fully saturated rings. The summed E-state index contributed by atoms with van der Waals surface area (Å²) in [5, 5.41) is 6.62. The zero-order chi connectivity index (χ0) is 16.0. The van der Waals surface area contributed by atoms with Crippen LogP contribution in [0.15, 0.2) is 58.5 Å². The van der Waals surface area contributed by atoms with Crippen LogP contribution in [0.3, 0.4) is 0 Å². The maximum atomic E-state index is 12.4. The second-order valence-electron chi connectivity index (χ2n) is 5.58. The third-order valence-electron chi connectivity index (χ3n) is 4.08. The highest BCUT2D eigenvalue weighted by Crippen LogP contribution is 2.33. The van der Waals surface area contributed by atoms with Crippen molar-refractivity contribution in [1.82, 2.24) is 0 Å². The normalized spacial score (nSPS) is 23.1. The van der Waals surface area contributed by atoms with E-state index in [1.807, 2.05) is 24.3 Å². The standard InChI is InChI=1S/C17H13ClN2O2S/c18-12-5-7-13(8-6-12)20-16(21)9-11-10-23(22)15-4-2-1-3-14(15)17(11)19-20/h1-8,11H,9-10H2/t11-,23?/m1/s1. The number of hydrazone groups is 1. The minimum Gasteiger partial charge on any atom is -0.273 e. The number of hydrogen-bond donors (Lipinski definition) is 0. The summed E-state index contributed by atoms with van der Waals surface area (Å²) in [5.74, 6) is 0.287. The van der Waals surface area contributed by atoms with Gasteiger partial charge in [-0.1, -0.05) is 29.8 Å². The number of amides is 1. The number of fused-ring (bicyclic) bond motifs is 3. The van der Waals surface area contributed by atoms with Crippen LogP contribution in [0.4, 0.5) is 5.69 Å². The first-order chi connectivity index (χ1) is 11.1. The summed E-state index contributed by atoms with van der Waals surface area (Å²) in [7, 11) is -1.08. The summed E-state index contributed by atoms with van der Waals surface area (Å²) in [4.78, 5) is 13.2. The Bertz CT molecular complexity index is 848. The number of carbonyl (C=O) groups excluding carboxylic acids is 1. The molecule has 0 saturated heterocycles. The number of nitrogens with zero attached hydrogens (tertiary/aromatic N) is 2. The molecule has 2 heterocycles. The highest BCUT2D eigenvalue weighted by Gasteiger charge is 2.37. The molecule has 116 valence electrons. The molecule has 0 N–H and O–H groups in total. The maximum Gasteiger partial charge on any atom is 0.248 e. The molecule has 0 saturated carbocycles. The van der Waals surface area contributed by atoms with E-state index in [1.165, 1.54) is 5.01 Å². The van der Waals surface area contributed by atoms with Gasteiger partial charge >= 0.3 is 0 Å². The van der Waals surface area contributed by atoms with Crippen LogP contribution in [-0.2, 0) is 15.6 Å². The van der Waals surface area contributed by atoms with E-state index in [4.69, 9.17) is 11.6 Å². The van der Waals surface area contributed by atoms with E-state index < -0.39 is 10.8 Å². The second kappa shape index (κ2) is 5.58. The Morgan fingerprint density at radius 3 is 2.65 bits per heavy atom. The summed E-state index contributed by atoms with van der Waals surface area (Å²) in [5.41, 5.74) is 2.41. The van der Waals surface area contributed by atoms with Gasteiger partial charge in [-0.15, -0.1) is 0 Å². The first kappa shape index (κ1) is 14.6. The first-order valence-electron chi connectivity index (χ1n) is 7.28. The van der Waals surface area contributed by atoms with E-state index in [0.717, 1.165) is 16.2 Å². The molecule has 0 spiro atoms. The van der Waals surface area contributed by atoms with Crippen molar-refractivity contribution < 1.29 is 9.00 Å². The molecule has 4 nitrogen and oxygen atoms in total. The zero-order valence-electron chi connectivity index (χ0n) is 12.1. The topological polar surface area (TPSA) is 49.7 Å². The molecule has 0 aromatic heterocycles. The van der Waals surface area contributed by atoms with Gasteiger partial charge in [0.1, 0.15) is 0 Å². The van der Waals surface area contributed by atoms with Gasteiger partial charge in [0.2, 0.25) is 5.91 Å². The molecule has 2 aliphatic heterocycles. The number of halogens is 1. The van der Waals surface area contributed by atoms with E-state index in [1.54, 1.807) is 24.3 Å². The molecule has 0 radical (unpaired) electrons. The van der Waals surface area contributed by atoms with Gasteiger partial charge in [-0.3, -0.25) is 9.00 Å². The van der Waals surface area contributed by atoms with Crippen LogP contribution in [0.2, 0.25) is 5.02 Å². The van der Waals surface area contributed by atoms with Gasteiger partial charge in [0, 0.05) is 33.6 Å². The summed E-state index contributed by atoms with van der Waals surface area (Å²) < 4.78 is 12.4. The molecule has 2 aromatic rings. The van der Waals surface area contributed by atoms with Crippen molar-refractivity contribution in [3.05, 3.63) is 59.1 Å². The number of anilines is 1. The smallest absolute Gasteiger partial charge is 0.248 e. The van der Waals surface area contributed by atoms with Crippen molar-refractivity contribution in [2.24, 2.45) is 11.0 Å². The second-order valence-corrected chi connectivity index (χ2v) is 7.48. The fraction of sp³-hybridized carbons (Fsp3) is 0.176. The average Bonchev–Trinajstić information content (AvgIpc) is 2.56. The Labute approximate surface area is 141 Å². The Kier molecular flexibility index (Phi) is 3.54. The predicted molar refractivity (Wildman–Crippen MR) is 91.3 cm³/mol. The summed E-state index contributed by atoms with van der Waals surface area (Å²) in [6, 6.07) is 14.6. The molecule has 23 heavy (non-hydrogen) atoms. The lowest BCUT2D eigenvalue weighted by Crippen LogP contribution is -2.41. The Hall–Kier alpha value is -1.98. The SMILES string of the molecule is O=C1C[C@@H]2CS(=O)c3ccccc3C2=NN1c1ccc(Cl)cc1. The van der Waals surface area contributed by atoms with Crippen LogP contribution in [0.25, 0.3) is 0 Å². The number of rotatable bonds is 1. The minimum absolute atomic E-state index is 0.0817. The van der Waals surface area contributed by atoms with Gasteiger partial charge < -0.3 is 0 Å². The molecule has 1 unspecified atom stereocenters. The minimum atomic E-state index is -1.08. The lowest BCUT2D eigenvalue weighted by Gasteiger charge is -2.32. The first-order valence-corrected chi connectivity index (χ1v) is 8.98. The largest absolute Gasteiger partial charge is 0.273 e. The highest BCUT2D eigenvalue weighted by atomic mass is 35.5. The van der Waals surface area contributed by atoms with Crippen LogP contribution in [0.1, 0.15) is 12.0 Å². The van der Waals surface area contributed by atoms with Crippen LogP contribution < -0.4 is 5.01 Å².